The van der Waals surface area contributed by atoms with Crippen LogP contribution in [0, 0.1) is 0 Å². The molecule has 6 nitrogen and oxygen atoms in total. The Labute approximate surface area is 129 Å². The van der Waals surface area contributed by atoms with Crippen molar-refractivity contribution >= 4 is 17.8 Å². The minimum Gasteiger partial charge on any atom is -0.480 e. The van der Waals surface area contributed by atoms with E-state index in [1.807, 2.05) is 0 Å². The van der Waals surface area contributed by atoms with Gasteiger partial charge in [0, 0.05) is 32.1 Å². The van der Waals surface area contributed by atoms with Crippen LogP contribution < -0.4 is 0 Å². The van der Waals surface area contributed by atoms with E-state index in [1.165, 1.54) is 18.9 Å². The van der Waals surface area contributed by atoms with E-state index >= 15 is 0 Å². The fraction of sp³-hybridized carbons (Fsp3) is 0.438. The number of hydrogen-bond donors (Lipinski definition) is 1. The van der Waals surface area contributed by atoms with Crippen LogP contribution in [0.15, 0.2) is 24.3 Å². The van der Waals surface area contributed by atoms with Crippen molar-refractivity contribution in [2.75, 3.05) is 13.6 Å². The van der Waals surface area contributed by atoms with Crippen LogP contribution in [-0.4, -0.2) is 52.3 Å². The molecule has 1 aliphatic heterocycles. The van der Waals surface area contributed by atoms with Gasteiger partial charge in [-0.15, -0.1) is 0 Å². The Balaban J connectivity index is 2.03. The number of likely N-dealkylation sites (N-methyl/N-ethyl adjacent to an activating group) is 1. The standard InChI is InChI=1S/C16H20N2O4/c1-11(16(21)22)17(2)15(20)13-7-5-12(6-8-13)10-18-9-3-4-14(18)19/h5-8,11H,3-4,9-10H2,1-2H3,(H,21,22)/t11-/m0/s1. The summed E-state index contributed by atoms with van der Waals surface area (Å²) < 4.78 is 0. The fourth-order valence-corrected chi connectivity index (χ4v) is 2.39. The summed E-state index contributed by atoms with van der Waals surface area (Å²) in [6.07, 6.45) is 1.50. The van der Waals surface area contributed by atoms with Gasteiger partial charge < -0.3 is 14.9 Å². The smallest absolute Gasteiger partial charge is 0.326 e. The molecule has 118 valence electrons. The number of carbonyl (C=O) groups is 3. The molecule has 0 radical (unpaired) electrons. The van der Waals surface area contributed by atoms with E-state index in [2.05, 4.69) is 0 Å². The average molecular weight is 304 g/mol. The molecule has 22 heavy (non-hydrogen) atoms. The van der Waals surface area contributed by atoms with Crippen LogP contribution in [0.4, 0.5) is 0 Å². The van der Waals surface area contributed by atoms with E-state index in [0.717, 1.165) is 18.5 Å². The highest BCUT2D eigenvalue weighted by Crippen LogP contribution is 2.15. The van der Waals surface area contributed by atoms with Gasteiger partial charge in [-0.05, 0) is 31.0 Å². The topological polar surface area (TPSA) is 77.9 Å². The Hall–Kier alpha value is -2.37. The number of hydrogen-bond acceptors (Lipinski definition) is 3. The van der Waals surface area contributed by atoms with Crippen molar-refractivity contribution in [2.24, 2.45) is 0 Å². The highest BCUT2D eigenvalue weighted by molar-refractivity contribution is 5.96. The zero-order valence-electron chi connectivity index (χ0n) is 12.8. The maximum atomic E-state index is 12.2. The number of nitrogens with zero attached hydrogens (tertiary/aromatic N) is 2. The molecule has 0 saturated carbocycles. The maximum Gasteiger partial charge on any atom is 0.326 e. The Morgan fingerprint density at radius 2 is 1.95 bits per heavy atom. The molecule has 1 saturated heterocycles. The van der Waals surface area contributed by atoms with Gasteiger partial charge in [-0.1, -0.05) is 12.1 Å². The van der Waals surface area contributed by atoms with Gasteiger partial charge >= 0.3 is 5.97 Å². The van der Waals surface area contributed by atoms with Gasteiger partial charge in [0.15, 0.2) is 0 Å². The number of carbonyl (C=O) groups excluding carboxylic acids is 2. The van der Waals surface area contributed by atoms with Gasteiger partial charge in [0.1, 0.15) is 6.04 Å². The molecule has 1 aliphatic rings. The van der Waals surface area contributed by atoms with Crippen LogP contribution in [0.25, 0.3) is 0 Å². The molecule has 1 atom stereocenters. The molecule has 2 rings (SSSR count). The molecule has 2 amide bonds. The lowest BCUT2D eigenvalue weighted by Crippen LogP contribution is -2.40. The molecule has 0 spiro atoms. The van der Waals surface area contributed by atoms with E-state index in [0.29, 0.717) is 18.5 Å². The van der Waals surface area contributed by atoms with Crippen molar-refractivity contribution in [2.45, 2.75) is 32.4 Å². The van der Waals surface area contributed by atoms with Gasteiger partial charge in [0.25, 0.3) is 5.91 Å². The van der Waals surface area contributed by atoms with Gasteiger partial charge in [-0.25, -0.2) is 4.79 Å². The second kappa shape index (κ2) is 6.60. The first-order chi connectivity index (χ1) is 10.4. The van der Waals surface area contributed by atoms with Crippen molar-refractivity contribution in [1.82, 2.24) is 9.80 Å². The number of carboxylic acids is 1. The first-order valence-corrected chi connectivity index (χ1v) is 7.27. The maximum absolute atomic E-state index is 12.2. The van der Waals surface area contributed by atoms with Crippen molar-refractivity contribution in [3.63, 3.8) is 0 Å². The number of carboxylic acid groups (broad SMARTS) is 1. The van der Waals surface area contributed by atoms with Crippen LogP contribution in [0.5, 0.6) is 0 Å². The third kappa shape index (κ3) is 3.44. The number of benzene rings is 1. The lowest BCUT2D eigenvalue weighted by Gasteiger charge is -2.21. The first kappa shape index (κ1) is 16.0. The second-order valence-electron chi connectivity index (χ2n) is 5.55. The van der Waals surface area contributed by atoms with Crippen molar-refractivity contribution in [1.29, 1.82) is 0 Å². The molecule has 0 aliphatic carbocycles. The Bertz CT molecular complexity index is 582. The van der Waals surface area contributed by atoms with E-state index in [1.54, 1.807) is 29.2 Å². The molecular formula is C16H20N2O4. The summed E-state index contributed by atoms with van der Waals surface area (Å²) in [5.41, 5.74) is 1.40. The zero-order chi connectivity index (χ0) is 16.3. The normalized spacial score (nSPS) is 15.7. The molecule has 1 heterocycles. The largest absolute Gasteiger partial charge is 0.480 e. The number of aliphatic carboxylic acids is 1. The second-order valence-corrected chi connectivity index (χ2v) is 5.55. The summed E-state index contributed by atoms with van der Waals surface area (Å²) in [6, 6.07) is 6.07. The predicted octanol–water partition coefficient (Wildman–Crippen LogP) is 1.35. The highest BCUT2D eigenvalue weighted by Gasteiger charge is 2.23. The monoisotopic (exact) mass is 304 g/mol. The lowest BCUT2D eigenvalue weighted by atomic mass is 10.1. The van der Waals surface area contributed by atoms with Crippen molar-refractivity contribution in [3.8, 4) is 0 Å². The van der Waals surface area contributed by atoms with Crippen LogP contribution in [0.1, 0.15) is 35.7 Å². The summed E-state index contributed by atoms with van der Waals surface area (Å²) in [7, 11) is 1.47. The van der Waals surface area contributed by atoms with E-state index < -0.39 is 12.0 Å². The molecule has 1 aromatic rings. The third-order valence-electron chi connectivity index (χ3n) is 4.00. The number of amides is 2. The summed E-state index contributed by atoms with van der Waals surface area (Å²) >= 11 is 0. The minimum absolute atomic E-state index is 0.162. The van der Waals surface area contributed by atoms with Crippen LogP contribution >= 0.6 is 0 Å². The van der Waals surface area contributed by atoms with E-state index in [4.69, 9.17) is 5.11 Å². The average Bonchev–Trinajstić information content (AvgIpc) is 2.91. The zero-order valence-corrected chi connectivity index (χ0v) is 12.8. The predicted molar refractivity (Wildman–Crippen MR) is 80.3 cm³/mol. The SMILES string of the molecule is C[C@@H](C(=O)O)N(C)C(=O)c1ccc(CN2CCCC2=O)cc1. The molecule has 0 unspecified atom stereocenters. The summed E-state index contributed by atoms with van der Waals surface area (Å²) in [4.78, 5) is 37.7. The summed E-state index contributed by atoms with van der Waals surface area (Å²) in [5, 5.41) is 8.95. The molecule has 0 aromatic heterocycles. The molecule has 1 fully saturated rings. The lowest BCUT2D eigenvalue weighted by molar-refractivity contribution is -0.141. The van der Waals surface area contributed by atoms with Crippen LogP contribution in [-0.2, 0) is 16.1 Å². The van der Waals surface area contributed by atoms with E-state index in [9.17, 15) is 14.4 Å². The number of likely N-dealkylation sites (tertiary alicyclic amines) is 1. The molecule has 6 heteroatoms. The van der Waals surface area contributed by atoms with Gasteiger partial charge in [0.05, 0.1) is 0 Å². The highest BCUT2D eigenvalue weighted by atomic mass is 16.4. The molecule has 1 aromatic carbocycles. The third-order valence-corrected chi connectivity index (χ3v) is 4.00. The van der Waals surface area contributed by atoms with Crippen molar-refractivity contribution in [3.05, 3.63) is 35.4 Å². The van der Waals surface area contributed by atoms with Crippen LogP contribution in [0.2, 0.25) is 0 Å². The fourth-order valence-electron chi connectivity index (χ4n) is 2.39. The molecular weight excluding hydrogens is 284 g/mol. The summed E-state index contributed by atoms with van der Waals surface area (Å²) in [5.74, 6) is -1.21. The van der Waals surface area contributed by atoms with E-state index in [-0.39, 0.29) is 11.8 Å². The number of rotatable bonds is 5. The molecule has 1 N–H and O–H groups in total. The Morgan fingerprint density at radius 1 is 1.32 bits per heavy atom. The first-order valence-electron chi connectivity index (χ1n) is 7.27. The molecule has 0 bridgehead atoms. The Kier molecular flexibility index (Phi) is 4.80. The van der Waals surface area contributed by atoms with Crippen molar-refractivity contribution < 1.29 is 19.5 Å². The summed E-state index contributed by atoms with van der Waals surface area (Å²) in [6.45, 7) is 2.79. The van der Waals surface area contributed by atoms with Crippen LogP contribution in [0.3, 0.4) is 0 Å². The van der Waals surface area contributed by atoms with Gasteiger partial charge in [-0.3, -0.25) is 9.59 Å². The minimum atomic E-state index is -1.04. The Morgan fingerprint density at radius 3 is 2.45 bits per heavy atom. The van der Waals surface area contributed by atoms with Gasteiger partial charge in [0.2, 0.25) is 5.91 Å². The van der Waals surface area contributed by atoms with Gasteiger partial charge in [-0.2, -0.15) is 0 Å². The quantitative estimate of drug-likeness (QED) is 0.891.